The smallest absolute Gasteiger partial charge is 0.329 e. The number of nitro benzene ring substituents is 1. The maximum atomic E-state index is 13.0. The van der Waals surface area contributed by atoms with Crippen molar-refractivity contribution in [3.05, 3.63) is 34.4 Å². The van der Waals surface area contributed by atoms with Crippen molar-refractivity contribution in [1.29, 1.82) is 0 Å². The van der Waals surface area contributed by atoms with Crippen LogP contribution in [0.4, 0.5) is 5.69 Å². The van der Waals surface area contributed by atoms with Gasteiger partial charge in [0.05, 0.1) is 11.5 Å². The summed E-state index contributed by atoms with van der Waals surface area (Å²) in [7, 11) is -2.27. The minimum absolute atomic E-state index is 0.0410. The van der Waals surface area contributed by atoms with E-state index in [0.717, 1.165) is 0 Å². The van der Waals surface area contributed by atoms with Gasteiger partial charge in [0.15, 0.2) is 8.24 Å². The highest BCUT2D eigenvalue weighted by Crippen LogP contribution is 2.47. The molecule has 1 aliphatic rings. The quantitative estimate of drug-likeness (QED) is 0.233. The number of carbonyl (C=O) groups is 2. The third-order valence-corrected chi connectivity index (χ3v) is 11.9. The number of hydrogen-bond acceptors (Lipinski definition) is 6. The van der Waals surface area contributed by atoms with E-state index in [9.17, 15) is 19.7 Å². The van der Waals surface area contributed by atoms with Gasteiger partial charge in [0, 0.05) is 17.0 Å². The number of ether oxygens (including phenoxy) is 1. The minimum atomic E-state index is -2.27. The predicted molar refractivity (Wildman–Crippen MR) is 107 cm³/mol. The Hall–Kier alpha value is -1.87. The van der Waals surface area contributed by atoms with Crippen LogP contribution in [-0.2, 0) is 14.3 Å². The van der Waals surface area contributed by atoms with Crippen LogP contribution in [0, 0.1) is 10.1 Å². The van der Waals surface area contributed by atoms with Crippen molar-refractivity contribution >= 4 is 37.6 Å². The summed E-state index contributed by atoms with van der Waals surface area (Å²) in [6.45, 7) is 12.4. The highest BCUT2D eigenvalue weighted by molar-refractivity contribution is 8.00. The van der Waals surface area contributed by atoms with E-state index in [0.29, 0.717) is 4.90 Å². The molecule has 1 aromatic rings. The van der Waals surface area contributed by atoms with E-state index in [-0.39, 0.29) is 23.2 Å². The molecule has 27 heavy (non-hydrogen) atoms. The van der Waals surface area contributed by atoms with E-state index in [1.54, 1.807) is 23.6 Å². The van der Waals surface area contributed by atoms with Crippen LogP contribution < -0.4 is 0 Å². The molecule has 1 fully saturated rings. The van der Waals surface area contributed by atoms with Gasteiger partial charge in [-0.05, 0) is 18.0 Å². The topological polar surface area (TPSA) is 89.7 Å². The van der Waals surface area contributed by atoms with Crippen LogP contribution in [0.15, 0.2) is 29.2 Å². The van der Waals surface area contributed by atoms with Crippen LogP contribution in [-0.4, -0.2) is 47.5 Å². The number of β-lactam (4-membered cyclic amide) rings is 1. The largest absolute Gasteiger partial charge is 0.464 e. The van der Waals surface area contributed by atoms with Crippen molar-refractivity contribution < 1.29 is 19.2 Å². The third-order valence-electron chi connectivity index (χ3n) is 5.30. The Labute approximate surface area is 164 Å². The first kappa shape index (κ1) is 21.4. The first-order chi connectivity index (χ1) is 12.4. The van der Waals surface area contributed by atoms with E-state index < -0.39 is 30.4 Å². The average molecular weight is 411 g/mol. The van der Waals surface area contributed by atoms with Crippen molar-refractivity contribution in [3.63, 3.8) is 0 Å². The molecule has 0 bridgehead atoms. The Morgan fingerprint density at radius 2 is 2.00 bits per heavy atom. The fraction of sp³-hybridized carbons (Fsp3) is 0.556. The summed E-state index contributed by atoms with van der Waals surface area (Å²) < 4.78 is 6.97. The second-order valence-corrected chi connectivity index (χ2v) is 14.3. The van der Waals surface area contributed by atoms with Gasteiger partial charge in [-0.25, -0.2) is 4.79 Å². The van der Waals surface area contributed by atoms with E-state index in [1.807, 2.05) is 0 Å². The van der Waals surface area contributed by atoms with Gasteiger partial charge < -0.3 is 9.30 Å². The number of thioether (sulfide) groups is 1. The zero-order valence-corrected chi connectivity index (χ0v) is 18.3. The number of hydrogen-bond donors (Lipinski definition) is 0. The Kier molecular flexibility index (Phi) is 6.05. The number of nitro groups is 1. The number of nitrogens with zero attached hydrogens (tertiary/aromatic N) is 2. The van der Waals surface area contributed by atoms with Crippen LogP contribution in [0.25, 0.3) is 0 Å². The van der Waals surface area contributed by atoms with Crippen molar-refractivity contribution in [3.8, 4) is 0 Å². The zero-order valence-electron chi connectivity index (χ0n) is 16.5. The molecule has 1 heterocycles. The molecule has 0 spiro atoms. The molecule has 9 heteroatoms. The molecular weight excluding hydrogens is 384 g/mol. The van der Waals surface area contributed by atoms with Gasteiger partial charge in [-0.3, -0.25) is 14.9 Å². The molecular formula is C18H26N2O5SSi. The fourth-order valence-electron chi connectivity index (χ4n) is 2.84. The Morgan fingerprint density at radius 1 is 1.37 bits per heavy atom. The number of rotatable bonds is 6. The van der Waals surface area contributed by atoms with Crippen molar-refractivity contribution in [1.82, 2.24) is 4.57 Å². The van der Waals surface area contributed by atoms with Gasteiger partial charge >= 0.3 is 5.97 Å². The number of carbonyl (C=O) groups excluding carboxylic acids is 2. The van der Waals surface area contributed by atoms with E-state index in [1.165, 1.54) is 23.9 Å². The standard InChI is InChI=1S/C18H26N2O5SSi/c1-7-25-17(22)14-15(16(21)19(14)27(5,6)18(2,3)4)26-13-10-8-9-12(11-13)20(23)24/h8-11,14-15H,7H2,1-6H3/t14-,15+/m0/s1. The van der Waals surface area contributed by atoms with Gasteiger partial charge in [-0.1, -0.05) is 39.9 Å². The summed E-state index contributed by atoms with van der Waals surface area (Å²) in [5, 5.41) is 10.2. The Bertz CT molecular complexity index is 762. The molecule has 2 rings (SSSR count). The lowest BCUT2D eigenvalue weighted by Crippen LogP contribution is -2.76. The summed E-state index contributed by atoms with van der Waals surface area (Å²) in [5.74, 6) is -0.513. The first-order valence-corrected chi connectivity index (χ1v) is 12.7. The molecule has 0 radical (unpaired) electrons. The molecule has 2 atom stereocenters. The van der Waals surface area contributed by atoms with Gasteiger partial charge in [0.2, 0.25) is 5.91 Å². The van der Waals surface area contributed by atoms with Gasteiger partial charge in [-0.2, -0.15) is 0 Å². The first-order valence-electron chi connectivity index (χ1n) is 8.82. The van der Waals surface area contributed by atoms with Crippen LogP contribution in [0.3, 0.4) is 0 Å². The molecule has 148 valence electrons. The Balaban J connectivity index is 2.33. The average Bonchev–Trinajstić information content (AvgIpc) is 2.56. The van der Waals surface area contributed by atoms with Crippen molar-refractivity contribution in [2.45, 2.75) is 62.0 Å². The molecule has 0 aliphatic carbocycles. The highest BCUT2D eigenvalue weighted by Gasteiger charge is 2.60. The molecule has 1 amide bonds. The number of esters is 1. The van der Waals surface area contributed by atoms with Crippen LogP contribution in [0.2, 0.25) is 18.1 Å². The predicted octanol–water partition coefficient (Wildman–Crippen LogP) is 3.83. The lowest BCUT2D eigenvalue weighted by Gasteiger charge is -2.56. The molecule has 0 saturated carbocycles. The maximum absolute atomic E-state index is 13.0. The summed E-state index contributed by atoms with van der Waals surface area (Å²) >= 11 is 1.19. The van der Waals surface area contributed by atoms with Crippen molar-refractivity contribution in [2.24, 2.45) is 0 Å². The molecule has 0 aromatic heterocycles. The number of amides is 1. The normalized spacial score (nSPS) is 20.2. The van der Waals surface area contributed by atoms with Gasteiger partial charge in [-0.15, -0.1) is 11.8 Å². The molecule has 1 aliphatic heterocycles. The molecule has 7 nitrogen and oxygen atoms in total. The van der Waals surface area contributed by atoms with Crippen LogP contribution in [0.5, 0.6) is 0 Å². The lowest BCUT2D eigenvalue weighted by atomic mass is 10.1. The summed E-state index contributed by atoms with van der Waals surface area (Å²) in [5.41, 5.74) is -0.0410. The number of benzene rings is 1. The lowest BCUT2D eigenvalue weighted by molar-refractivity contribution is -0.385. The SMILES string of the molecule is CCOC(=O)[C@@H]1[C@@H](Sc2cccc([N+](=O)[O-])c2)C(=O)N1[Si](C)(C)C(C)(C)C. The summed E-state index contributed by atoms with van der Waals surface area (Å²) in [6.07, 6.45) is 0. The maximum Gasteiger partial charge on any atom is 0.329 e. The van der Waals surface area contributed by atoms with Gasteiger partial charge in [0.25, 0.3) is 5.69 Å². The molecule has 0 unspecified atom stereocenters. The fourth-order valence-corrected chi connectivity index (χ4v) is 6.62. The number of non-ortho nitro benzene ring substituents is 1. The summed E-state index contributed by atoms with van der Waals surface area (Å²) in [6, 6.07) is 5.45. The van der Waals surface area contributed by atoms with Crippen molar-refractivity contribution in [2.75, 3.05) is 6.61 Å². The molecule has 1 saturated heterocycles. The van der Waals surface area contributed by atoms with Gasteiger partial charge in [0.1, 0.15) is 11.3 Å². The second kappa shape index (κ2) is 7.63. The van der Waals surface area contributed by atoms with E-state index >= 15 is 0 Å². The van der Waals surface area contributed by atoms with E-state index in [2.05, 4.69) is 33.9 Å². The third kappa shape index (κ3) is 4.03. The molecule has 1 aromatic carbocycles. The molecule has 0 N–H and O–H groups in total. The minimum Gasteiger partial charge on any atom is -0.464 e. The monoisotopic (exact) mass is 410 g/mol. The van der Waals surface area contributed by atoms with Crippen LogP contribution in [0.1, 0.15) is 27.7 Å². The second-order valence-electron chi connectivity index (χ2n) is 8.01. The van der Waals surface area contributed by atoms with E-state index in [4.69, 9.17) is 4.74 Å². The van der Waals surface area contributed by atoms with Crippen LogP contribution >= 0.6 is 11.8 Å². The zero-order chi connectivity index (χ0) is 20.6. The highest BCUT2D eigenvalue weighted by atomic mass is 32.2. The Morgan fingerprint density at radius 3 is 2.52 bits per heavy atom. The summed E-state index contributed by atoms with van der Waals surface area (Å²) in [4.78, 5) is 36.7.